The Morgan fingerprint density at radius 2 is 1.89 bits per heavy atom. The molecule has 0 saturated carbocycles. The van der Waals surface area contributed by atoms with Crippen LogP contribution >= 0.6 is 11.6 Å². The van der Waals surface area contributed by atoms with Crippen LogP contribution in [0.2, 0.25) is 5.02 Å². The highest BCUT2D eigenvalue weighted by Gasteiger charge is 2.22. The smallest absolute Gasteiger partial charge is 0.387 e. The van der Waals surface area contributed by atoms with E-state index in [1.807, 2.05) is 6.92 Å². The maximum Gasteiger partial charge on any atom is 0.387 e. The minimum absolute atomic E-state index is 0.194. The lowest BCUT2D eigenvalue weighted by Crippen LogP contribution is -2.38. The van der Waals surface area contributed by atoms with Crippen LogP contribution < -0.4 is 15.0 Å². The zero-order valence-corrected chi connectivity index (χ0v) is 20.6. The number of benzene rings is 1. The molecular formula is C24H20ClF3N8O2. The van der Waals surface area contributed by atoms with Gasteiger partial charge in [-0.25, -0.2) is 19.3 Å². The Bertz CT molecular complexity index is 1460. The van der Waals surface area contributed by atoms with Crippen molar-refractivity contribution in [3.63, 3.8) is 0 Å². The second-order valence-electron chi connectivity index (χ2n) is 8.40. The number of carbonyl (C=O) groups is 1. The molecule has 1 amide bonds. The molecule has 0 bridgehead atoms. The Morgan fingerprint density at radius 1 is 1.13 bits per heavy atom. The average Bonchev–Trinajstić information content (AvgIpc) is 3.33. The van der Waals surface area contributed by atoms with Crippen molar-refractivity contribution in [1.29, 1.82) is 0 Å². The van der Waals surface area contributed by atoms with Crippen LogP contribution in [0.3, 0.4) is 0 Å². The van der Waals surface area contributed by atoms with E-state index in [9.17, 15) is 18.0 Å². The summed E-state index contributed by atoms with van der Waals surface area (Å²) in [4.78, 5) is 31.7. The van der Waals surface area contributed by atoms with E-state index in [2.05, 4.69) is 40.0 Å². The number of ether oxygens (including phenoxy) is 1. The van der Waals surface area contributed by atoms with E-state index in [-0.39, 0.29) is 22.5 Å². The van der Waals surface area contributed by atoms with Gasteiger partial charge in [-0.1, -0.05) is 11.6 Å². The second kappa shape index (κ2) is 10.6. The Balaban J connectivity index is 1.32. The van der Waals surface area contributed by atoms with Crippen molar-refractivity contribution in [3.8, 4) is 17.0 Å². The molecule has 4 aromatic rings. The van der Waals surface area contributed by atoms with E-state index in [0.29, 0.717) is 11.6 Å². The third kappa shape index (κ3) is 5.23. The Hall–Kier alpha value is -4.26. The van der Waals surface area contributed by atoms with E-state index in [0.717, 1.165) is 49.6 Å². The first-order valence-corrected chi connectivity index (χ1v) is 11.9. The molecule has 1 saturated heterocycles. The number of hydrogen-bond acceptors (Lipinski definition) is 8. The van der Waals surface area contributed by atoms with Crippen LogP contribution in [0.4, 0.5) is 24.8 Å². The van der Waals surface area contributed by atoms with E-state index in [1.165, 1.54) is 6.20 Å². The number of nitrogens with one attached hydrogen (secondary N) is 1. The molecule has 3 aromatic heterocycles. The van der Waals surface area contributed by atoms with Crippen LogP contribution in [-0.4, -0.2) is 55.3 Å². The summed E-state index contributed by atoms with van der Waals surface area (Å²) in [5.74, 6) is -1.51. The normalized spacial score (nSPS) is 13.8. The van der Waals surface area contributed by atoms with Crippen LogP contribution in [-0.2, 0) is 0 Å². The highest BCUT2D eigenvalue weighted by molar-refractivity contribution is 6.31. The number of hydrogen-bond donors (Lipinski definition) is 1. The standard InChI is InChI=1S/C24H20ClF3N8O2/c1-13(14-7-30-24(31-8-14)35-5-2-6-35)36-12-15(9-32-36)33-22(37)18-11-29-10-17(34-18)20-19(38-23(27)28)4-3-16(25)21(20)26/h3-4,7-13,23H,2,5-6H2,1H3,(H,33,37). The molecule has 14 heteroatoms. The van der Waals surface area contributed by atoms with Crippen molar-refractivity contribution < 1.29 is 22.7 Å². The summed E-state index contributed by atoms with van der Waals surface area (Å²) in [7, 11) is 0. The quantitative estimate of drug-likeness (QED) is 0.343. The molecule has 10 nitrogen and oxygen atoms in total. The average molecular weight is 545 g/mol. The number of carbonyl (C=O) groups excluding carboxylic acids is 1. The topological polar surface area (TPSA) is 111 Å². The fourth-order valence-electron chi connectivity index (χ4n) is 3.75. The molecule has 196 valence electrons. The van der Waals surface area contributed by atoms with Crippen LogP contribution in [0.15, 0.2) is 49.3 Å². The van der Waals surface area contributed by atoms with Crippen LogP contribution in [0, 0.1) is 5.82 Å². The maximum atomic E-state index is 14.7. The molecule has 0 radical (unpaired) electrons. The van der Waals surface area contributed by atoms with Gasteiger partial charge < -0.3 is 15.0 Å². The number of alkyl halides is 2. The monoisotopic (exact) mass is 544 g/mol. The summed E-state index contributed by atoms with van der Waals surface area (Å²) in [6.07, 6.45) is 9.95. The fraction of sp³-hybridized carbons (Fsp3) is 0.250. The van der Waals surface area contributed by atoms with Crippen LogP contribution in [0.25, 0.3) is 11.3 Å². The van der Waals surface area contributed by atoms with Crippen molar-refractivity contribution in [2.45, 2.75) is 26.0 Å². The Morgan fingerprint density at radius 3 is 2.58 bits per heavy atom. The maximum absolute atomic E-state index is 14.7. The van der Waals surface area contributed by atoms with Crippen molar-refractivity contribution in [2.24, 2.45) is 0 Å². The van der Waals surface area contributed by atoms with Crippen LogP contribution in [0.1, 0.15) is 35.4 Å². The van der Waals surface area contributed by atoms with Gasteiger partial charge in [0.15, 0.2) is 5.82 Å². The zero-order chi connectivity index (χ0) is 26.8. The summed E-state index contributed by atoms with van der Waals surface area (Å²) in [5, 5.41) is 6.61. The fourth-order valence-corrected chi connectivity index (χ4v) is 3.91. The summed E-state index contributed by atoms with van der Waals surface area (Å²) in [6, 6.07) is 1.95. The molecule has 1 atom stereocenters. The van der Waals surface area contributed by atoms with Gasteiger partial charge in [-0.15, -0.1) is 0 Å². The Labute approximate surface area is 219 Å². The molecule has 38 heavy (non-hydrogen) atoms. The third-order valence-electron chi connectivity index (χ3n) is 5.93. The van der Waals surface area contributed by atoms with Crippen molar-refractivity contribution >= 4 is 29.1 Å². The largest absolute Gasteiger partial charge is 0.434 e. The van der Waals surface area contributed by atoms with E-state index in [1.54, 1.807) is 23.3 Å². The summed E-state index contributed by atoms with van der Waals surface area (Å²) in [5.41, 5.74) is 0.353. The molecule has 4 heterocycles. The number of aromatic nitrogens is 6. The van der Waals surface area contributed by atoms with Gasteiger partial charge in [-0.2, -0.15) is 13.9 Å². The first-order valence-electron chi connectivity index (χ1n) is 11.5. The highest BCUT2D eigenvalue weighted by Crippen LogP contribution is 2.36. The minimum Gasteiger partial charge on any atom is -0.434 e. The van der Waals surface area contributed by atoms with E-state index in [4.69, 9.17) is 11.6 Å². The molecule has 0 aliphatic carbocycles. The first-order chi connectivity index (χ1) is 18.3. The molecular weight excluding hydrogens is 525 g/mol. The summed E-state index contributed by atoms with van der Waals surface area (Å²) in [6.45, 7) is 0.595. The van der Waals surface area contributed by atoms with Gasteiger partial charge in [0.2, 0.25) is 5.95 Å². The first kappa shape index (κ1) is 25.4. The molecule has 0 spiro atoms. The zero-order valence-electron chi connectivity index (χ0n) is 19.9. The SMILES string of the molecule is CC(c1cnc(N2CCC2)nc1)n1cc(NC(=O)c2cncc(-c3c(OC(F)F)ccc(Cl)c3F)n2)cn1. The van der Waals surface area contributed by atoms with Crippen molar-refractivity contribution in [1.82, 2.24) is 29.7 Å². The lowest BCUT2D eigenvalue weighted by Gasteiger charge is -2.30. The number of amides is 1. The van der Waals surface area contributed by atoms with Gasteiger partial charge in [0, 0.05) is 37.2 Å². The predicted octanol–water partition coefficient (Wildman–Crippen LogP) is 4.60. The number of anilines is 2. The van der Waals surface area contributed by atoms with E-state index >= 15 is 0 Å². The number of nitrogens with zero attached hydrogens (tertiary/aromatic N) is 7. The summed E-state index contributed by atoms with van der Waals surface area (Å²) < 4.78 is 46.4. The summed E-state index contributed by atoms with van der Waals surface area (Å²) >= 11 is 5.82. The number of halogens is 4. The molecule has 1 aliphatic heterocycles. The molecule has 1 aliphatic rings. The lowest BCUT2D eigenvalue weighted by atomic mass is 10.1. The van der Waals surface area contributed by atoms with Crippen LogP contribution in [0.5, 0.6) is 5.75 Å². The van der Waals surface area contributed by atoms with Crippen molar-refractivity contribution in [3.05, 3.63) is 71.4 Å². The highest BCUT2D eigenvalue weighted by atomic mass is 35.5. The molecule has 1 unspecified atom stereocenters. The van der Waals surface area contributed by atoms with Gasteiger partial charge in [-0.05, 0) is 25.5 Å². The Kier molecular flexibility index (Phi) is 7.09. The van der Waals surface area contributed by atoms with Gasteiger partial charge in [-0.3, -0.25) is 14.5 Å². The number of rotatable bonds is 8. The minimum atomic E-state index is -3.21. The van der Waals surface area contributed by atoms with Gasteiger partial charge in [0.25, 0.3) is 5.91 Å². The molecule has 1 aromatic carbocycles. The van der Waals surface area contributed by atoms with Crippen molar-refractivity contribution in [2.75, 3.05) is 23.3 Å². The molecule has 1 fully saturated rings. The molecule has 1 N–H and O–H groups in total. The van der Waals surface area contributed by atoms with Gasteiger partial charge >= 0.3 is 6.61 Å². The third-order valence-corrected chi connectivity index (χ3v) is 6.22. The lowest BCUT2D eigenvalue weighted by molar-refractivity contribution is -0.0495. The van der Waals surface area contributed by atoms with E-state index < -0.39 is 29.6 Å². The van der Waals surface area contributed by atoms with Gasteiger partial charge in [0.05, 0.1) is 46.6 Å². The second-order valence-corrected chi connectivity index (χ2v) is 8.81. The molecule has 5 rings (SSSR count). The predicted molar refractivity (Wildman–Crippen MR) is 132 cm³/mol. The van der Waals surface area contributed by atoms with Gasteiger partial charge in [0.1, 0.15) is 11.4 Å².